The third-order valence-corrected chi connectivity index (χ3v) is 3.13. The van der Waals surface area contributed by atoms with Gasteiger partial charge in [-0.15, -0.1) is 0 Å². The lowest BCUT2D eigenvalue weighted by Gasteiger charge is -2.21. The normalized spacial score (nSPS) is 12.4. The first-order chi connectivity index (χ1) is 10.8. The number of amides is 1. The number of ether oxygens (including phenoxy) is 3. The highest BCUT2D eigenvalue weighted by Crippen LogP contribution is 2.24. The molecule has 1 amide bonds. The molecule has 0 saturated heterocycles. The topological polar surface area (TPSA) is 77.0 Å². The Balaban J connectivity index is 2.64. The van der Waals surface area contributed by atoms with Crippen LogP contribution in [0.15, 0.2) is 18.2 Å². The standard InChI is InChI=1S/C17H27NO5/c1-17(2,3)23-16(20)18-10-13(11-19)6-12-7-14(21-4)9-15(8-12)22-5/h7-9,13,19H,6,10-11H2,1-5H3,(H,18,20). The molecule has 0 saturated carbocycles. The lowest BCUT2D eigenvalue weighted by molar-refractivity contribution is 0.0512. The van der Waals surface area contributed by atoms with E-state index in [0.29, 0.717) is 24.5 Å². The molecule has 23 heavy (non-hydrogen) atoms. The van der Waals surface area contributed by atoms with Crippen LogP contribution in [0.4, 0.5) is 4.79 Å². The monoisotopic (exact) mass is 325 g/mol. The number of aliphatic hydroxyl groups is 1. The minimum Gasteiger partial charge on any atom is -0.497 e. The van der Waals surface area contributed by atoms with Crippen molar-refractivity contribution in [3.8, 4) is 11.5 Å². The fourth-order valence-corrected chi connectivity index (χ4v) is 2.06. The van der Waals surface area contributed by atoms with E-state index in [9.17, 15) is 9.90 Å². The quantitative estimate of drug-likeness (QED) is 0.805. The summed E-state index contributed by atoms with van der Waals surface area (Å²) in [6.45, 7) is 5.69. The molecule has 0 spiro atoms. The molecule has 6 nitrogen and oxygen atoms in total. The van der Waals surface area contributed by atoms with E-state index in [1.807, 2.05) is 12.1 Å². The van der Waals surface area contributed by atoms with Crippen LogP contribution >= 0.6 is 0 Å². The predicted octanol–water partition coefficient (Wildman–Crippen LogP) is 2.38. The highest BCUT2D eigenvalue weighted by atomic mass is 16.6. The zero-order valence-electron chi connectivity index (χ0n) is 14.5. The molecule has 0 bridgehead atoms. The Morgan fingerprint density at radius 1 is 1.17 bits per heavy atom. The van der Waals surface area contributed by atoms with Crippen molar-refractivity contribution in [2.45, 2.75) is 32.8 Å². The second-order valence-corrected chi connectivity index (χ2v) is 6.36. The van der Waals surface area contributed by atoms with Gasteiger partial charge in [0.15, 0.2) is 0 Å². The van der Waals surface area contributed by atoms with Gasteiger partial charge in [0.1, 0.15) is 17.1 Å². The number of hydrogen-bond donors (Lipinski definition) is 2. The molecule has 1 aromatic carbocycles. The van der Waals surface area contributed by atoms with Crippen molar-refractivity contribution in [1.82, 2.24) is 5.32 Å². The van der Waals surface area contributed by atoms with Crippen molar-refractivity contribution in [3.63, 3.8) is 0 Å². The Kier molecular flexibility index (Phi) is 7.16. The van der Waals surface area contributed by atoms with Crippen molar-refractivity contribution < 1.29 is 24.1 Å². The molecule has 0 fully saturated rings. The summed E-state index contributed by atoms with van der Waals surface area (Å²) < 4.78 is 15.7. The number of methoxy groups -OCH3 is 2. The van der Waals surface area contributed by atoms with Crippen LogP contribution in [-0.2, 0) is 11.2 Å². The Hall–Kier alpha value is -1.95. The lowest BCUT2D eigenvalue weighted by Crippen LogP contribution is -2.36. The number of alkyl carbamates (subject to hydrolysis) is 1. The third kappa shape index (κ3) is 7.23. The molecule has 0 aliphatic rings. The third-order valence-electron chi connectivity index (χ3n) is 3.13. The first kappa shape index (κ1) is 19.1. The summed E-state index contributed by atoms with van der Waals surface area (Å²) in [5.74, 6) is 1.26. The highest BCUT2D eigenvalue weighted by Gasteiger charge is 2.18. The molecule has 1 aromatic rings. The number of hydrogen-bond acceptors (Lipinski definition) is 5. The van der Waals surface area contributed by atoms with Crippen LogP contribution in [0.2, 0.25) is 0 Å². The lowest BCUT2D eigenvalue weighted by atomic mass is 9.99. The first-order valence-corrected chi connectivity index (χ1v) is 7.57. The molecule has 130 valence electrons. The minimum atomic E-state index is -0.543. The van der Waals surface area contributed by atoms with Gasteiger partial charge in [0.05, 0.1) is 14.2 Å². The molecule has 0 aliphatic carbocycles. The Morgan fingerprint density at radius 3 is 2.17 bits per heavy atom. The summed E-state index contributed by atoms with van der Waals surface area (Å²) in [6, 6.07) is 5.56. The second kappa shape index (κ2) is 8.62. The SMILES string of the molecule is COc1cc(CC(CO)CNC(=O)OC(C)(C)C)cc(OC)c1. The molecule has 1 rings (SSSR count). The van der Waals surface area contributed by atoms with Crippen molar-refractivity contribution in [1.29, 1.82) is 0 Å². The number of aliphatic hydroxyl groups excluding tert-OH is 1. The van der Waals surface area contributed by atoms with Gasteiger partial charge in [0.2, 0.25) is 0 Å². The summed E-state index contributed by atoms with van der Waals surface area (Å²) in [7, 11) is 3.18. The van der Waals surface area contributed by atoms with Gasteiger partial charge in [-0.3, -0.25) is 0 Å². The van der Waals surface area contributed by atoms with E-state index in [1.165, 1.54) is 0 Å². The van der Waals surface area contributed by atoms with E-state index >= 15 is 0 Å². The van der Waals surface area contributed by atoms with Gasteiger partial charge in [-0.1, -0.05) is 0 Å². The van der Waals surface area contributed by atoms with E-state index in [0.717, 1.165) is 5.56 Å². The van der Waals surface area contributed by atoms with E-state index in [-0.39, 0.29) is 12.5 Å². The Labute approximate surface area is 137 Å². The molecule has 6 heteroatoms. The summed E-state index contributed by atoms with van der Waals surface area (Å²) in [5.41, 5.74) is 0.421. The molecular formula is C17H27NO5. The Bertz CT molecular complexity index is 488. The maximum atomic E-state index is 11.7. The van der Waals surface area contributed by atoms with Crippen molar-refractivity contribution >= 4 is 6.09 Å². The average Bonchev–Trinajstić information content (AvgIpc) is 2.49. The molecule has 0 aromatic heterocycles. The van der Waals surface area contributed by atoms with Crippen LogP contribution in [0.1, 0.15) is 26.3 Å². The van der Waals surface area contributed by atoms with E-state index < -0.39 is 11.7 Å². The smallest absolute Gasteiger partial charge is 0.407 e. The zero-order valence-corrected chi connectivity index (χ0v) is 14.5. The minimum absolute atomic E-state index is 0.0463. The van der Waals surface area contributed by atoms with E-state index in [2.05, 4.69) is 5.32 Å². The number of benzene rings is 1. The van der Waals surface area contributed by atoms with E-state index in [1.54, 1.807) is 41.1 Å². The fraction of sp³-hybridized carbons (Fsp3) is 0.588. The fourth-order valence-electron chi connectivity index (χ4n) is 2.06. The summed E-state index contributed by atoms with van der Waals surface area (Å²) in [6.07, 6.45) is 0.0963. The van der Waals surface area contributed by atoms with Gasteiger partial charge >= 0.3 is 6.09 Å². The maximum Gasteiger partial charge on any atom is 0.407 e. The molecule has 2 N–H and O–H groups in total. The van der Waals surface area contributed by atoms with Crippen LogP contribution in [0, 0.1) is 5.92 Å². The highest BCUT2D eigenvalue weighted by molar-refractivity contribution is 5.67. The van der Waals surface area contributed by atoms with Crippen LogP contribution in [0.25, 0.3) is 0 Å². The summed E-state index contributed by atoms with van der Waals surface area (Å²) >= 11 is 0. The number of carbonyl (C=O) groups excluding carboxylic acids is 1. The molecule has 1 atom stereocenters. The van der Waals surface area contributed by atoms with Gasteiger partial charge in [0.25, 0.3) is 0 Å². The van der Waals surface area contributed by atoms with E-state index in [4.69, 9.17) is 14.2 Å². The van der Waals surface area contributed by atoms with Crippen molar-refractivity contribution in [2.24, 2.45) is 5.92 Å². The second-order valence-electron chi connectivity index (χ2n) is 6.36. The molecular weight excluding hydrogens is 298 g/mol. The molecule has 1 unspecified atom stereocenters. The average molecular weight is 325 g/mol. The van der Waals surface area contributed by atoms with Crippen LogP contribution in [0.3, 0.4) is 0 Å². The van der Waals surface area contributed by atoms with Crippen LogP contribution in [0.5, 0.6) is 11.5 Å². The Morgan fingerprint density at radius 2 is 1.74 bits per heavy atom. The summed E-state index contributed by atoms with van der Waals surface area (Å²) in [5, 5.41) is 12.2. The largest absolute Gasteiger partial charge is 0.497 e. The number of rotatable bonds is 7. The van der Waals surface area contributed by atoms with Gasteiger partial charge in [-0.05, 0) is 44.9 Å². The van der Waals surface area contributed by atoms with Gasteiger partial charge < -0.3 is 24.6 Å². The van der Waals surface area contributed by atoms with Crippen LogP contribution < -0.4 is 14.8 Å². The number of nitrogens with one attached hydrogen (secondary N) is 1. The summed E-state index contributed by atoms with van der Waals surface area (Å²) in [4.78, 5) is 11.7. The number of carbonyl (C=O) groups is 1. The molecule has 0 radical (unpaired) electrons. The maximum absolute atomic E-state index is 11.7. The van der Waals surface area contributed by atoms with Crippen molar-refractivity contribution in [2.75, 3.05) is 27.4 Å². The molecule has 0 aliphatic heterocycles. The van der Waals surface area contributed by atoms with Gasteiger partial charge in [-0.2, -0.15) is 0 Å². The predicted molar refractivity (Wildman–Crippen MR) is 88.1 cm³/mol. The molecule has 0 heterocycles. The van der Waals surface area contributed by atoms with Gasteiger partial charge in [0, 0.05) is 25.1 Å². The van der Waals surface area contributed by atoms with Gasteiger partial charge in [-0.25, -0.2) is 4.79 Å². The van der Waals surface area contributed by atoms with Crippen LogP contribution in [-0.4, -0.2) is 44.2 Å². The van der Waals surface area contributed by atoms with Crippen molar-refractivity contribution in [3.05, 3.63) is 23.8 Å². The zero-order chi connectivity index (χ0) is 17.5. The first-order valence-electron chi connectivity index (χ1n) is 7.57.